The highest BCUT2D eigenvalue weighted by molar-refractivity contribution is 5.50. The molecule has 1 aromatic rings. The van der Waals surface area contributed by atoms with Crippen LogP contribution in [0.15, 0.2) is 18.2 Å². The molecule has 0 bridgehead atoms. The van der Waals surface area contributed by atoms with Crippen molar-refractivity contribution in [2.24, 2.45) is 5.92 Å². The number of anilines is 1. The molecule has 0 amide bonds. The molecule has 1 atom stereocenters. The SMILES string of the molecule is Cc1cc(C)cc(N(C)CCC2CCCNC2)c1. The Labute approximate surface area is 111 Å². The Morgan fingerprint density at radius 2 is 1.94 bits per heavy atom. The summed E-state index contributed by atoms with van der Waals surface area (Å²) in [5, 5.41) is 3.50. The van der Waals surface area contributed by atoms with Gasteiger partial charge in [0.25, 0.3) is 0 Å². The quantitative estimate of drug-likeness (QED) is 0.878. The number of rotatable bonds is 4. The third-order valence-electron chi connectivity index (χ3n) is 3.92. The van der Waals surface area contributed by atoms with Crippen molar-refractivity contribution in [2.75, 3.05) is 31.6 Å². The molecule has 1 aliphatic heterocycles. The number of piperidine rings is 1. The fraction of sp³-hybridized carbons (Fsp3) is 0.625. The highest BCUT2D eigenvalue weighted by Gasteiger charge is 2.13. The smallest absolute Gasteiger partial charge is 0.0368 e. The molecule has 1 aliphatic rings. The van der Waals surface area contributed by atoms with E-state index in [1.54, 1.807) is 0 Å². The second kappa shape index (κ2) is 6.24. The summed E-state index contributed by atoms with van der Waals surface area (Å²) in [6.45, 7) is 7.93. The van der Waals surface area contributed by atoms with Gasteiger partial charge in [0.05, 0.1) is 0 Å². The number of hydrogen-bond acceptors (Lipinski definition) is 2. The standard InChI is InChI=1S/C16H26N2/c1-13-9-14(2)11-16(10-13)18(3)8-6-15-5-4-7-17-12-15/h9-11,15,17H,4-8,12H2,1-3H3. The van der Waals surface area contributed by atoms with Crippen molar-refractivity contribution in [2.45, 2.75) is 33.1 Å². The molecule has 2 nitrogen and oxygen atoms in total. The van der Waals surface area contributed by atoms with Gasteiger partial charge in [0.15, 0.2) is 0 Å². The molecule has 1 aromatic carbocycles. The Bertz CT molecular complexity index is 360. The third kappa shape index (κ3) is 3.74. The van der Waals surface area contributed by atoms with E-state index in [1.165, 1.54) is 49.2 Å². The van der Waals surface area contributed by atoms with Gasteiger partial charge in [-0.3, -0.25) is 0 Å². The van der Waals surface area contributed by atoms with Crippen LogP contribution >= 0.6 is 0 Å². The van der Waals surface area contributed by atoms with Crippen LogP contribution in [0.25, 0.3) is 0 Å². The van der Waals surface area contributed by atoms with Gasteiger partial charge >= 0.3 is 0 Å². The Kier molecular flexibility index (Phi) is 4.65. The van der Waals surface area contributed by atoms with Crippen LogP contribution < -0.4 is 10.2 Å². The monoisotopic (exact) mass is 246 g/mol. The predicted octanol–water partition coefficient (Wildman–Crippen LogP) is 3.13. The van der Waals surface area contributed by atoms with Crippen molar-refractivity contribution in [3.05, 3.63) is 29.3 Å². The first-order valence-electron chi connectivity index (χ1n) is 7.15. The van der Waals surface area contributed by atoms with Gasteiger partial charge in [-0.25, -0.2) is 0 Å². The van der Waals surface area contributed by atoms with Crippen molar-refractivity contribution in [3.8, 4) is 0 Å². The molecule has 2 heteroatoms. The van der Waals surface area contributed by atoms with Crippen molar-refractivity contribution in [3.63, 3.8) is 0 Å². The van der Waals surface area contributed by atoms with E-state index in [0.717, 1.165) is 12.5 Å². The maximum atomic E-state index is 3.50. The molecule has 0 radical (unpaired) electrons. The van der Waals surface area contributed by atoms with Gasteiger partial charge in [-0.1, -0.05) is 6.07 Å². The molecule has 100 valence electrons. The lowest BCUT2D eigenvalue weighted by atomic mass is 9.96. The molecule has 0 spiro atoms. The Morgan fingerprint density at radius 3 is 2.56 bits per heavy atom. The molecule has 0 saturated carbocycles. The minimum Gasteiger partial charge on any atom is -0.375 e. The van der Waals surface area contributed by atoms with E-state index >= 15 is 0 Å². The molecule has 2 rings (SSSR count). The number of hydrogen-bond donors (Lipinski definition) is 1. The molecule has 1 N–H and O–H groups in total. The molecule has 1 fully saturated rings. The Balaban J connectivity index is 1.88. The van der Waals surface area contributed by atoms with Crippen LogP contribution in [0.5, 0.6) is 0 Å². The first-order chi connectivity index (χ1) is 8.65. The highest BCUT2D eigenvalue weighted by atomic mass is 15.1. The molecule has 18 heavy (non-hydrogen) atoms. The van der Waals surface area contributed by atoms with Crippen molar-refractivity contribution < 1.29 is 0 Å². The molecule has 1 unspecified atom stereocenters. The van der Waals surface area contributed by atoms with E-state index in [1.807, 2.05) is 0 Å². The average Bonchev–Trinajstić information content (AvgIpc) is 2.36. The predicted molar refractivity (Wildman–Crippen MR) is 79.4 cm³/mol. The van der Waals surface area contributed by atoms with Crippen LogP contribution in [-0.2, 0) is 0 Å². The molecular weight excluding hydrogens is 220 g/mol. The van der Waals surface area contributed by atoms with Gasteiger partial charge in [-0.05, 0) is 75.4 Å². The minimum atomic E-state index is 0.868. The van der Waals surface area contributed by atoms with E-state index in [-0.39, 0.29) is 0 Å². The molecule has 0 aliphatic carbocycles. The summed E-state index contributed by atoms with van der Waals surface area (Å²) in [7, 11) is 2.21. The van der Waals surface area contributed by atoms with Crippen LogP contribution in [0.2, 0.25) is 0 Å². The lowest BCUT2D eigenvalue weighted by Crippen LogP contribution is -2.32. The zero-order valence-corrected chi connectivity index (χ0v) is 12.0. The number of nitrogens with one attached hydrogen (secondary N) is 1. The summed E-state index contributed by atoms with van der Waals surface area (Å²) in [4.78, 5) is 2.40. The van der Waals surface area contributed by atoms with Crippen molar-refractivity contribution in [1.82, 2.24) is 5.32 Å². The van der Waals surface area contributed by atoms with E-state index < -0.39 is 0 Å². The van der Waals surface area contributed by atoms with Gasteiger partial charge in [0, 0.05) is 19.3 Å². The van der Waals surface area contributed by atoms with Gasteiger partial charge in [-0.2, -0.15) is 0 Å². The first kappa shape index (κ1) is 13.4. The largest absolute Gasteiger partial charge is 0.375 e. The van der Waals surface area contributed by atoms with Gasteiger partial charge in [0.1, 0.15) is 0 Å². The molecular formula is C16H26N2. The van der Waals surface area contributed by atoms with Crippen LogP contribution in [0, 0.1) is 19.8 Å². The average molecular weight is 246 g/mol. The Hall–Kier alpha value is -1.02. The van der Waals surface area contributed by atoms with Crippen LogP contribution in [0.1, 0.15) is 30.4 Å². The van der Waals surface area contributed by atoms with Gasteiger partial charge in [-0.15, -0.1) is 0 Å². The van der Waals surface area contributed by atoms with Crippen LogP contribution in [0.3, 0.4) is 0 Å². The minimum absolute atomic E-state index is 0.868. The second-order valence-electron chi connectivity index (χ2n) is 5.77. The Morgan fingerprint density at radius 1 is 1.22 bits per heavy atom. The third-order valence-corrected chi connectivity index (χ3v) is 3.92. The topological polar surface area (TPSA) is 15.3 Å². The maximum absolute atomic E-state index is 3.50. The zero-order chi connectivity index (χ0) is 13.0. The van der Waals surface area contributed by atoms with Crippen molar-refractivity contribution in [1.29, 1.82) is 0 Å². The summed E-state index contributed by atoms with van der Waals surface area (Å²) in [5.41, 5.74) is 4.07. The highest BCUT2D eigenvalue weighted by Crippen LogP contribution is 2.20. The van der Waals surface area contributed by atoms with E-state index in [4.69, 9.17) is 0 Å². The number of benzene rings is 1. The maximum Gasteiger partial charge on any atom is 0.0368 e. The molecule has 1 heterocycles. The summed E-state index contributed by atoms with van der Waals surface area (Å²) in [6.07, 6.45) is 4.04. The fourth-order valence-corrected chi connectivity index (χ4v) is 2.85. The fourth-order valence-electron chi connectivity index (χ4n) is 2.85. The van der Waals surface area contributed by atoms with E-state index in [0.29, 0.717) is 0 Å². The van der Waals surface area contributed by atoms with E-state index in [9.17, 15) is 0 Å². The van der Waals surface area contributed by atoms with Gasteiger partial charge in [0.2, 0.25) is 0 Å². The molecule has 1 saturated heterocycles. The summed E-state index contributed by atoms with van der Waals surface area (Å²) in [5.74, 6) is 0.868. The molecule has 0 aromatic heterocycles. The van der Waals surface area contributed by atoms with E-state index in [2.05, 4.69) is 49.3 Å². The lowest BCUT2D eigenvalue weighted by molar-refractivity contribution is 0.360. The number of nitrogens with zero attached hydrogens (tertiary/aromatic N) is 1. The second-order valence-corrected chi connectivity index (χ2v) is 5.77. The van der Waals surface area contributed by atoms with Gasteiger partial charge < -0.3 is 10.2 Å². The summed E-state index contributed by atoms with van der Waals surface area (Å²) < 4.78 is 0. The van der Waals surface area contributed by atoms with Crippen LogP contribution in [0.4, 0.5) is 5.69 Å². The normalized spacial score (nSPS) is 19.8. The summed E-state index contributed by atoms with van der Waals surface area (Å²) in [6, 6.07) is 6.81. The van der Waals surface area contributed by atoms with Crippen molar-refractivity contribution >= 4 is 5.69 Å². The summed E-state index contributed by atoms with van der Waals surface area (Å²) >= 11 is 0. The number of aryl methyl sites for hydroxylation is 2. The zero-order valence-electron chi connectivity index (χ0n) is 12.0. The van der Waals surface area contributed by atoms with Crippen LogP contribution in [-0.4, -0.2) is 26.7 Å². The lowest BCUT2D eigenvalue weighted by Gasteiger charge is -2.26. The first-order valence-corrected chi connectivity index (χ1v) is 7.15.